The first-order valence-corrected chi connectivity index (χ1v) is 12.4. The van der Waals surface area contributed by atoms with Crippen molar-refractivity contribution in [2.24, 2.45) is 11.8 Å². The fourth-order valence-electron chi connectivity index (χ4n) is 5.56. The number of hydrogen-bond donors (Lipinski definition) is 0. The van der Waals surface area contributed by atoms with E-state index in [1.807, 2.05) is 34.2 Å². The summed E-state index contributed by atoms with van der Waals surface area (Å²) in [7, 11) is 1.58. The Kier molecular flexibility index (Phi) is 6.59. The minimum absolute atomic E-state index is 0.0542. The normalized spacial score (nSPS) is 21.9. The van der Waals surface area contributed by atoms with Gasteiger partial charge in [0, 0.05) is 48.9 Å². The second-order valence-corrected chi connectivity index (χ2v) is 9.79. The van der Waals surface area contributed by atoms with Gasteiger partial charge in [-0.05, 0) is 50.2 Å². The van der Waals surface area contributed by atoms with E-state index in [-0.39, 0.29) is 23.7 Å². The topological polar surface area (TPSA) is 106 Å². The number of pyridine rings is 1. The minimum Gasteiger partial charge on any atom is -0.494 e. The third-order valence-electron chi connectivity index (χ3n) is 7.61. The lowest BCUT2D eigenvalue weighted by Crippen LogP contribution is -2.36. The Labute approximate surface area is 209 Å². The van der Waals surface area contributed by atoms with Crippen LogP contribution in [0.4, 0.5) is 0 Å². The van der Waals surface area contributed by atoms with E-state index in [4.69, 9.17) is 4.74 Å². The van der Waals surface area contributed by atoms with E-state index in [2.05, 4.69) is 22.8 Å². The first-order chi connectivity index (χ1) is 17.5. The standard InChI is InChI=1S/C27H30N6O3/c1-3-24(34)10-18-4-6-19(7-5-18)27(35)31-9-8-23(17-31)32-16-22(14-29-32)20-11-25(36-2)26-21(12-28)13-30-33(26)15-20/h3,11,13-16,18-19,23H,1,4-10,17H2,2H3/t18?,19?,23-/m1/s1. The summed E-state index contributed by atoms with van der Waals surface area (Å²) in [5, 5.41) is 18.2. The van der Waals surface area contributed by atoms with Crippen LogP contribution in [0.25, 0.3) is 16.6 Å². The molecule has 1 saturated carbocycles. The largest absolute Gasteiger partial charge is 0.494 e. The molecule has 2 fully saturated rings. The number of aromatic nitrogens is 4. The molecule has 4 heterocycles. The van der Waals surface area contributed by atoms with Gasteiger partial charge in [0.2, 0.25) is 5.91 Å². The second kappa shape index (κ2) is 9.97. The van der Waals surface area contributed by atoms with Crippen molar-refractivity contribution in [2.45, 2.75) is 44.6 Å². The van der Waals surface area contributed by atoms with Gasteiger partial charge in [0.05, 0.1) is 25.5 Å². The van der Waals surface area contributed by atoms with Crippen LogP contribution in [0.1, 0.15) is 50.1 Å². The summed E-state index contributed by atoms with van der Waals surface area (Å²) in [6.07, 6.45) is 13.6. The van der Waals surface area contributed by atoms with Crippen molar-refractivity contribution in [3.63, 3.8) is 0 Å². The molecule has 0 aromatic carbocycles. The van der Waals surface area contributed by atoms with E-state index in [1.54, 1.807) is 11.6 Å². The lowest BCUT2D eigenvalue weighted by atomic mass is 9.79. The molecule has 1 atom stereocenters. The van der Waals surface area contributed by atoms with E-state index in [0.29, 0.717) is 35.7 Å². The molecule has 0 N–H and O–H groups in total. The van der Waals surface area contributed by atoms with Crippen molar-refractivity contribution < 1.29 is 14.3 Å². The van der Waals surface area contributed by atoms with Crippen molar-refractivity contribution in [3.05, 3.63) is 49.1 Å². The van der Waals surface area contributed by atoms with Crippen LogP contribution in [0, 0.1) is 23.2 Å². The highest BCUT2D eigenvalue weighted by Gasteiger charge is 2.34. The lowest BCUT2D eigenvalue weighted by molar-refractivity contribution is -0.135. The molecule has 5 rings (SSSR count). The zero-order valence-corrected chi connectivity index (χ0v) is 20.5. The Balaban J connectivity index is 1.24. The van der Waals surface area contributed by atoms with Crippen molar-refractivity contribution in [2.75, 3.05) is 20.2 Å². The van der Waals surface area contributed by atoms with Gasteiger partial charge in [-0.3, -0.25) is 14.3 Å². The van der Waals surface area contributed by atoms with Gasteiger partial charge in [-0.2, -0.15) is 15.5 Å². The van der Waals surface area contributed by atoms with E-state index >= 15 is 0 Å². The monoisotopic (exact) mass is 486 g/mol. The minimum atomic E-state index is 0.0542. The number of ether oxygens (including phenoxy) is 1. The summed E-state index contributed by atoms with van der Waals surface area (Å²) in [5.41, 5.74) is 2.91. The lowest BCUT2D eigenvalue weighted by Gasteiger charge is -2.30. The molecular weight excluding hydrogens is 456 g/mol. The van der Waals surface area contributed by atoms with Crippen LogP contribution in [0.5, 0.6) is 5.75 Å². The molecule has 3 aromatic rings. The Morgan fingerprint density at radius 1 is 1.17 bits per heavy atom. The summed E-state index contributed by atoms with van der Waals surface area (Å²) < 4.78 is 9.12. The third kappa shape index (κ3) is 4.51. The number of amides is 1. The number of methoxy groups -OCH3 is 1. The van der Waals surface area contributed by atoms with Crippen LogP contribution < -0.4 is 4.74 Å². The highest BCUT2D eigenvalue weighted by Crippen LogP contribution is 2.34. The van der Waals surface area contributed by atoms with Crippen molar-refractivity contribution >= 4 is 17.2 Å². The number of likely N-dealkylation sites (tertiary alicyclic amines) is 1. The summed E-state index contributed by atoms with van der Waals surface area (Å²) in [6, 6.07) is 4.17. The summed E-state index contributed by atoms with van der Waals surface area (Å²) in [4.78, 5) is 26.8. The Hall–Kier alpha value is -3.93. The molecule has 0 spiro atoms. The van der Waals surface area contributed by atoms with E-state index < -0.39 is 0 Å². The number of fused-ring (bicyclic) bond motifs is 1. The van der Waals surface area contributed by atoms with Crippen molar-refractivity contribution in [1.82, 2.24) is 24.3 Å². The van der Waals surface area contributed by atoms with Gasteiger partial charge in [0.15, 0.2) is 5.78 Å². The molecular formula is C27H30N6O3. The number of nitrogens with zero attached hydrogens (tertiary/aromatic N) is 6. The average Bonchev–Trinajstić information content (AvgIpc) is 3.67. The van der Waals surface area contributed by atoms with Gasteiger partial charge in [0.1, 0.15) is 22.9 Å². The first-order valence-electron chi connectivity index (χ1n) is 12.4. The molecule has 1 aliphatic heterocycles. The number of carbonyl (C=O) groups is 2. The predicted octanol–water partition coefficient (Wildman–Crippen LogP) is 3.80. The molecule has 9 nitrogen and oxygen atoms in total. The molecule has 186 valence electrons. The van der Waals surface area contributed by atoms with Crippen molar-refractivity contribution in [1.29, 1.82) is 5.26 Å². The summed E-state index contributed by atoms with van der Waals surface area (Å²) in [6.45, 7) is 4.95. The molecule has 1 amide bonds. The molecule has 9 heteroatoms. The van der Waals surface area contributed by atoms with Crippen LogP contribution in [0.2, 0.25) is 0 Å². The maximum Gasteiger partial charge on any atom is 0.225 e. The highest BCUT2D eigenvalue weighted by molar-refractivity contribution is 5.89. The van der Waals surface area contributed by atoms with Gasteiger partial charge in [-0.1, -0.05) is 6.58 Å². The maximum absolute atomic E-state index is 13.2. The smallest absolute Gasteiger partial charge is 0.225 e. The number of ketones is 1. The summed E-state index contributed by atoms with van der Waals surface area (Å²) in [5.74, 6) is 1.34. The molecule has 0 bridgehead atoms. The van der Waals surface area contributed by atoms with E-state index in [0.717, 1.165) is 49.8 Å². The van der Waals surface area contributed by atoms with Crippen molar-refractivity contribution in [3.8, 4) is 22.9 Å². The van der Waals surface area contributed by atoms with E-state index in [9.17, 15) is 14.9 Å². The van der Waals surface area contributed by atoms with Gasteiger partial charge < -0.3 is 9.64 Å². The number of hydrogen-bond acceptors (Lipinski definition) is 6. The molecule has 3 aromatic heterocycles. The van der Waals surface area contributed by atoms with Crippen LogP contribution in [0.15, 0.2) is 43.5 Å². The zero-order chi connectivity index (χ0) is 25.2. The second-order valence-electron chi connectivity index (χ2n) is 9.79. The SMILES string of the molecule is C=CC(=O)CC1CCC(C(=O)N2CC[C@@H](n3cc(-c4cc(OC)c5c(C#N)cnn5c4)cn3)C2)CC1. The van der Waals surface area contributed by atoms with Gasteiger partial charge in [0.25, 0.3) is 0 Å². The van der Waals surface area contributed by atoms with Crippen LogP contribution in [-0.2, 0) is 9.59 Å². The molecule has 36 heavy (non-hydrogen) atoms. The average molecular weight is 487 g/mol. The quantitative estimate of drug-likeness (QED) is 0.470. The Bertz CT molecular complexity index is 1340. The van der Waals surface area contributed by atoms with E-state index in [1.165, 1.54) is 12.3 Å². The van der Waals surface area contributed by atoms with Crippen LogP contribution in [-0.4, -0.2) is 56.2 Å². The number of allylic oxidation sites excluding steroid dienone is 1. The summed E-state index contributed by atoms with van der Waals surface area (Å²) >= 11 is 0. The predicted molar refractivity (Wildman–Crippen MR) is 133 cm³/mol. The third-order valence-corrected chi connectivity index (χ3v) is 7.61. The molecule has 1 aliphatic carbocycles. The highest BCUT2D eigenvalue weighted by atomic mass is 16.5. The fraction of sp³-hybridized carbons (Fsp3) is 0.444. The van der Waals surface area contributed by atoms with Gasteiger partial charge >= 0.3 is 0 Å². The van der Waals surface area contributed by atoms with Gasteiger partial charge in [-0.25, -0.2) is 4.52 Å². The molecule has 1 saturated heterocycles. The zero-order valence-electron chi connectivity index (χ0n) is 20.5. The van der Waals surface area contributed by atoms with Crippen LogP contribution >= 0.6 is 0 Å². The number of rotatable bonds is 7. The first kappa shape index (κ1) is 23.8. The fourth-order valence-corrected chi connectivity index (χ4v) is 5.56. The molecule has 0 radical (unpaired) electrons. The molecule has 2 aliphatic rings. The number of nitriles is 1. The number of carbonyl (C=O) groups excluding carboxylic acids is 2. The Morgan fingerprint density at radius 3 is 2.69 bits per heavy atom. The van der Waals surface area contributed by atoms with Gasteiger partial charge in [-0.15, -0.1) is 0 Å². The van der Waals surface area contributed by atoms with Crippen LogP contribution in [0.3, 0.4) is 0 Å². The molecule has 0 unspecified atom stereocenters. The maximum atomic E-state index is 13.2. The Morgan fingerprint density at radius 2 is 1.97 bits per heavy atom.